The van der Waals surface area contributed by atoms with E-state index < -0.39 is 40.3 Å². The van der Waals surface area contributed by atoms with Gasteiger partial charge in [-0.3, -0.25) is 0 Å². The molecule has 1 aromatic carbocycles. The third kappa shape index (κ3) is 3.72. The number of carbonyl (C=O) groups excluding carboxylic acids is 1. The molecule has 0 aromatic heterocycles. The number of hydrogen-bond donors (Lipinski definition) is 1. The molecule has 26 heavy (non-hydrogen) atoms. The average Bonchev–Trinajstić information content (AvgIpc) is 3.22. The van der Waals surface area contributed by atoms with E-state index >= 15 is 0 Å². The first-order chi connectivity index (χ1) is 12.5. The summed E-state index contributed by atoms with van der Waals surface area (Å²) in [6.45, 7) is 0.0454. The SMILES string of the molecule is COC(=O)CO[C@H]1CO[C@@H]2[C@@H]1OC[C@@H]2NS(=O)(=O)c1ccccc1C#N. The number of methoxy groups -OCH3 is 1. The Morgan fingerprint density at radius 3 is 2.77 bits per heavy atom. The minimum Gasteiger partial charge on any atom is -0.467 e. The molecule has 140 valence electrons. The predicted molar refractivity (Wildman–Crippen MR) is 86.5 cm³/mol. The van der Waals surface area contributed by atoms with Gasteiger partial charge in [-0.1, -0.05) is 12.1 Å². The lowest BCUT2D eigenvalue weighted by Crippen LogP contribution is -2.44. The number of nitriles is 1. The van der Waals surface area contributed by atoms with E-state index in [-0.39, 0.29) is 30.3 Å². The molecule has 0 amide bonds. The smallest absolute Gasteiger partial charge is 0.331 e. The van der Waals surface area contributed by atoms with Crippen LogP contribution in [0.4, 0.5) is 0 Å². The zero-order chi connectivity index (χ0) is 18.7. The zero-order valence-electron chi connectivity index (χ0n) is 14.0. The maximum absolute atomic E-state index is 12.6. The summed E-state index contributed by atoms with van der Waals surface area (Å²) in [5, 5.41) is 9.11. The number of benzene rings is 1. The van der Waals surface area contributed by atoms with E-state index in [0.717, 1.165) is 0 Å². The standard InChI is InChI=1S/C16H18N2O7S/c1-22-14(19)9-23-12-8-25-15-11(7-24-16(12)15)18-26(20,21)13-5-3-2-4-10(13)6-17/h2-5,11-12,15-16,18H,7-9H2,1H3/t11-,12-,15-,16+/m0/s1. The molecule has 3 rings (SSSR count). The minimum atomic E-state index is -3.92. The molecule has 10 heteroatoms. The quantitative estimate of drug-likeness (QED) is 0.657. The van der Waals surface area contributed by atoms with Crippen molar-refractivity contribution in [3.05, 3.63) is 29.8 Å². The second-order valence-electron chi connectivity index (χ2n) is 5.86. The van der Waals surface area contributed by atoms with Crippen LogP contribution in [0.25, 0.3) is 0 Å². The van der Waals surface area contributed by atoms with Crippen molar-refractivity contribution < 1.29 is 32.2 Å². The molecular formula is C16H18N2O7S. The summed E-state index contributed by atoms with van der Waals surface area (Å²) >= 11 is 0. The summed E-state index contributed by atoms with van der Waals surface area (Å²) in [5.41, 5.74) is 0.0575. The monoisotopic (exact) mass is 382 g/mol. The first-order valence-electron chi connectivity index (χ1n) is 7.89. The van der Waals surface area contributed by atoms with E-state index in [9.17, 15) is 13.2 Å². The molecule has 2 aliphatic rings. The van der Waals surface area contributed by atoms with Gasteiger partial charge in [0.2, 0.25) is 10.0 Å². The largest absolute Gasteiger partial charge is 0.467 e. The molecule has 0 unspecified atom stereocenters. The van der Waals surface area contributed by atoms with E-state index in [1.54, 1.807) is 12.1 Å². The number of ether oxygens (including phenoxy) is 4. The van der Waals surface area contributed by atoms with Gasteiger partial charge in [-0.25, -0.2) is 17.9 Å². The molecule has 0 aliphatic carbocycles. The van der Waals surface area contributed by atoms with Crippen molar-refractivity contribution >= 4 is 16.0 Å². The Labute approximate surface area is 150 Å². The van der Waals surface area contributed by atoms with Crippen molar-refractivity contribution in [3.8, 4) is 6.07 Å². The van der Waals surface area contributed by atoms with Crippen LogP contribution in [0.1, 0.15) is 5.56 Å². The van der Waals surface area contributed by atoms with Gasteiger partial charge in [0, 0.05) is 0 Å². The van der Waals surface area contributed by atoms with Gasteiger partial charge in [-0.05, 0) is 12.1 Å². The highest BCUT2D eigenvalue weighted by Crippen LogP contribution is 2.30. The van der Waals surface area contributed by atoms with E-state index in [0.29, 0.717) is 0 Å². The van der Waals surface area contributed by atoms with Gasteiger partial charge in [-0.15, -0.1) is 0 Å². The lowest BCUT2D eigenvalue weighted by molar-refractivity contribution is -0.150. The molecule has 2 saturated heterocycles. The molecule has 1 aromatic rings. The molecule has 4 atom stereocenters. The number of carbonyl (C=O) groups is 1. The molecule has 0 saturated carbocycles. The van der Waals surface area contributed by atoms with E-state index in [4.69, 9.17) is 19.5 Å². The van der Waals surface area contributed by atoms with Crippen LogP contribution in [0.15, 0.2) is 29.2 Å². The Hall–Kier alpha value is -2.03. The normalized spacial score (nSPS) is 27.7. The second-order valence-corrected chi connectivity index (χ2v) is 7.54. The van der Waals surface area contributed by atoms with Crippen molar-refractivity contribution in [1.29, 1.82) is 5.26 Å². The van der Waals surface area contributed by atoms with Gasteiger partial charge in [0.1, 0.15) is 31.0 Å². The summed E-state index contributed by atoms with van der Waals surface area (Å²) in [6, 6.07) is 7.19. The van der Waals surface area contributed by atoms with Crippen LogP contribution < -0.4 is 4.72 Å². The van der Waals surface area contributed by atoms with Gasteiger partial charge < -0.3 is 18.9 Å². The van der Waals surface area contributed by atoms with Crippen LogP contribution in [-0.4, -0.2) is 65.7 Å². The van der Waals surface area contributed by atoms with Crippen molar-refractivity contribution in [2.45, 2.75) is 29.2 Å². The Balaban J connectivity index is 1.67. The van der Waals surface area contributed by atoms with Crippen molar-refractivity contribution in [3.63, 3.8) is 0 Å². The Bertz CT molecular complexity index is 820. The minimum absolute atomic E-state index is 0.0575. The molecular weight excluding hydrogens is 364 g/mol. The van der Waals surface area contributed by atoms with E-state index in [1.165, 1.54) is 19.2 Å². The van der Waals surface area contributed by atoms with Crippen LogP contribution in [0, 0.1) is 11.3 Å². The van der Waals surface area contributed by atoms with Crippen LogP contribution >= 0.6 is 0 Å². The third-order valence-corrected chi connectivity index (χ3v) is 5.80. The van der Waals surface area contributed by atoms with Gasteiger partial charge >= 0.3 is 5.97 Å². The summed E-state index contributed by atoms with van der Waals surface area (Å²) in [6.07, 6.45) is -1.51. The number of rotatable bonds is 6. The van der Waals surface area contributed by atoms with Crippen molar-refractivity contribution in [2.75, 3.05) is 26.9 Å². The number of nitrogens with zero attached hydrogens (tertiary/aromatic N) is 1. The predicted octanol–water partition coefficient (Wildman–Crippen LogP) is -0.439. The highest BCUT2D eigenvalue weighted by molar-refractivity contribution is 7.89. The molecule has 9 nitrogen and oxygen atoms in total. The molecule has 2 fully saturated rings. The first kappa shape index (κ1) is 18.8. The lowest BCUT2D eigenvalue weighted by atomic mass is 10.1. The van der Waals surface area contributed by atoms with Crippen LogP contribution in [0.5, 0.6) is 0 Å². The summed E-state index contributed by atoms with van der Waals surface area (Å²) in [4.78, 5) is 11.1. The Kier molecular flexibility index (Phi) is 5.55. The molecule has 2 heterocycles. The number of hydrogen-bond acceptors (Lipinski definition) is 8. The van der Waals surface area contributed by atoms with Crippen LogP contribution in [-0.2, 0) is 33.8 Å². The maximum Gasteiger partial charge on any atom is 0.331 e. The Morgan fingerprint density at radius 1 is 1.31 bits per heavy atom. The average molecular weight is 382 g/mol. The summed E-state index contributed by atoms with van der Waals surface area (Å²) in [7, 11) is -2.66. The van der Waals surface area contributed by atoms with Crippen molar-refractivity contribution in [1.82, 2.24) is 4.72 Å². The fourth-order valence-electron chi connectivity index (χ4n) is 3.00. The van der Waals surface area contributed by atoms with Gasteiger partial charge in [-0.2, -0.15) is 5.26 Å². The summed E-state index contributed by atoms with van der Waals surface area (Å²) in [5.74, 6) is -0.517. The molecule has 0 bridgehead atoms. The van der Waals surface area contributed by atoms with Crippen molar-refractivity contribution in [2.24, 2.45) is 0 Å². The zero-order valence-corrected chi connectivity index (χ0v) is 14.8. The highest BCUT2D eigenvalue weighted by Gasteiger charge is 2.49. The van der Waals surface area contributed by atoms with Gasteiger partial charge in [0.15, 0.2) is 0 Å². The first-order valence-corrected chi connectivity index (χ1v) is 9.37. The third-order valence-electron chi connectivity index (χ3n) is 4.25. The number of nitrogens with one attached hydrogen (secondary N) is 1. The second kappa shape index (κ2) is 7.69. The number of esters is 1. The molecule has 0 spiro atoms. The van der Waals surface area contributed by atoms with E-state index in [2.05, 4.69) is 9.46 Å². The van der Waals surface area contributed by atoms with Gasteiger partial charge in [0.05, 0.1) is 36.8 Å². The summed E-state index contributed by atoms with van der Waals surface area (Å²) < 4.78 is 49.0. The molecule has 0 radical (unpaired) electrons. The Morgan fingerprint density at radius 2 is 2.04 bits per heavy atom. The fourth-order valence-corrected chi connectivity index (χ4v) is 4.39. The molecule has 1 N–H and O–H groups in total. The number of fused-ring (bicyclic) bond motifs is 1. The number of sulfonamides is 1. The highest BCUT2D eigenvalue weighted by atomic mass is 32.2. The van der Waals surface area contributed by atoms with Crippen LogP contribution in [0.2, 0.25) is 0 Å². The fraction of sp³-hybridized carbons (Fsp3) is 0.500. The molecule has 2 aliphatic heterocycles. The lowest BCUT2D eigenvalue weighted by Gasteiger charge is -2.18. The van der Waals surface area contributed by atoms with E-state index in [1.807, 2.05) is 6.07 Å². The maximum atomic E-state index is 12.6. The topological polar surface area (TPSA) is 124 Å². The van der Waals surface area contributed by atoms with Crippen LogP contribution in [0.3, 0.4) is 0 Å². The van der Waals surface area contributed by atoms with Gasteiger partial charge in [0.25, 0.3) is 0 Å².